The van der Waals surface area contributed by atoms with Crippen molar-refractivity contribution in [3.63, 3.8) is 0 Å². The second-order valence-corrected chi connectivity index (χ2v) is 4.83. The Kier molecular flexibility index (Phi) is 4.33. The number of carbonyl (C=O) groups is 1. The highest BCUT2D eigenvalue weighted by molar-refractivity contribution is 5.87. The standard InChI is InChI=1S/C15H15FN4O3/c1-2-22-15(21)12-8-13(11-5-7-23-19-11)20(18-12)9-10-4-3-6-17-14(10)16/h3-8,11,19H,2,9H2,1H3. The third kappa shape index (κ3) is 3.21. The molecule has 1 unspecified atom stereocenters. The summed E-state index contributed by atoms with van der Waals surface area (Å²) in [7, 11) is 0. The van der Waals surface area contributed by atoms with E-state index in [1.54, 1.807) is 31.2 Å². The number of aromatic nitrogens is 3. The predicted molar refractivity (Wildman–Crippen MR) is 77.6 cm³/mol. The Morgan fingerprint density at radius 3 is 3.13 bits per heavy atom. The molecule has 8 heteroatoms. The van der Waals surface area contributed by atoms with Gasteiger partial charge in [-0.05, 0) is 25.1 Å². The molecule has 1 aliphatic heterocycles. The van der Waals surface area contributed by atoms with Gasteiger partial charge in [0.1, 0.15) is 12.3 Å². The van der Waals surface area contributed by atoms with Gasteiger partial charge in [-0.2, -0.15) is 9.49 Å². The van der Waals surface area contributed by atoms with E-state index in [2.05, 4.69) is 15.6 Å². The minimum absolute atomic E-state index is 0.139. The van der Waals surface area contributed by atoms with Crippen LogP contribution in [0.1, 0.15) is 34.7 Å². The Morgan fingerprint density at radius 2 is 2.43 bits per heavy atom. The van der Waals surface area contributed by atoms with Crippen LogP contribution < -0.4 is 5.48 Å². The number of nitrogens with one attached hydrogen (secondary N) is 1. The van der Waals surface area contributed by atoms with Crippen molar-refractivity contribution >= 4 is 5.97 Å². The molecule has 0 fully saturated rings. The first-order chi connectivity index (χ1) is 11.2. The number of ether oxygens (including phenoxy) is 1. The van der Waals surface area contributed by atoms with Gasteiger partial charge in [-0.15, -0.1) is 5.48 Å². The first kappa shape index (κ1) is 15.2. The summed E-state index contributed by atoms with van der Waals surface area (Å²) in [5, 5.41) is 4.23. The van der Waals surface area contributed by atoms with E-state index in [1.165, 1.54) is 17.1 Å². The quantitative estimate of drug-likeness (QED) is 0.668. The SMILES string of the molecule is CCOC(=O)c1cc(C2C=CON2)n(Cc2cccnc2F)n1. The third-order valence-electron chi connectivity index (χ3n) is 3.30. The van der Waals surface area contributed by atoms with Crippen molar-refractivity contribution in [3.8, 4) is 0 Å². The van der Waals surface area contributed by atoms with Crippen molar-refractivity contribution < 1.29 is 18.8 Å². The van der Waals surface area contributed by atoms with E-state index < -0.39 is 11.9 Å². The average Bonchev–Trinajstić information content (AvgIpc) is 3.19. The van der Waals surface area contributed by atoms with Crippen LogP contribution in [0.4, 0.5) is 4.39 Å². The summed E-state index contributed by atoms with van der Waals surface area (Å²) < 4.78 is 20.3. The maximum atomic E-state index is 13.8. The van der Waals surface area contributed by atoms with Gasteiger partial charge in [0.05, 0.1) is 18.8 Å². The fourth-order valence-electron chi connectivity index (χ4n) is 2.24. The molecule has 2 aromatic rings. The molecule has 1 aliphatic rings. The van der Waals surface area contributed by atoms with Crippen LogP contribution in [-0.2, 0) is 16.1 Å². The number of pyridine rings is 1. The summed E-state index contributed by atoms with van der Waals surface area (Å²) in [6, 6.07) is 4.57. The second kappa shape index (κ2) is 6.57. The number of carbonyl (C=O) groups excluding carboxylic acids is 1. The van der Waals surface area contributed by atoms with Gasteiger partial charge in [0.25, 0.3) is 0 Å². The van der Waals surface area contributed by atoms with Crippen molar-refractivity contribution in [1.29, 1.82) is 0 Å². The Balaban J connectivity index is 1.94. The van der Waals surface area contributed by atoms with Gasteiger partial charge in [0, 0.05) is 11.8 Å². The van der Waals surface area contributed by atoms with Crippen LogP contribution in [0, 0.1) is 5.95 Å². The van der Waals surface area contributed by atoms with E-state index in [4.69, 9.17) is 9.57 Å². The van der Waals surface area contributed by atoms with E-state index in [0.717, 1.165) is 0 Å². The second-order valence-electron chi connectivity index (χ2n) is 4.83. The molecule has 3 heterocycles. The topological polar surface area (TPSA) is 78.3 Å². The minimum atomic E-state index is -0.571. The number of esters is 1. The van der Waals surface area contributed by atoms with E-state index in [-0.39, 0.29) is 24.9 Å². The fourth-order valence-corrected chi connectivity index (χ4v) is 2.24. The highest BCUT2D eigenvalue weighted by Gasteiger charge is 2.23. The average molecular weight is 318 g/mol. The molecular formula is C15H15FN4O3. The van der Waals surface area contributed by atoms with E-state index in [0.29, 0.717) is 11.3 Å². The summed E-state index contributed by atoms with van der Waals surface area (Å²) >= 11 is 0. The molecule has 7 nitrogen and oxygen atoms in total. The fraction of sp³-hybridized carbons (Fsp3) is 0.267. The van der Waals surface area contributed by atoms with Crippen LogP contribution in [-0.4, -0.2) is 27.3 Å². The lowest BCUT2D eigenvalue weighted by Gasteiger charge is -2.11. The van der Waals surface area contributed by atoms with Crippen LogP contribution >= 0.6 is 0 Å². The zero-order chi connectivity index (χ0) is 16.2. The van der Waals surface area contributed by atoms with Crippen molar-refractivity contribution in [3.05, 3.63) is 59.6 Å². The third-order valence-corrected chi connectivity index (χ3v) is 3.30. The lowest BCUT2D eigenvalue weighted by atomic mass is 10.2. The molecule has 0 amide bonds. The van der Waals surface area contributed by atoms with Crippen molar-refractivity contribution in [2.24, 2.45) is 0 Å². The molecule has 3 rings (SSSR count). The normalized spacial score (nSPS) is 16.3. The molecule has 2 aromatic heterocycles. The number of halogens is 1. The Bertz CT molecular complexity index is 744. The van der Waals surface area contributed by atoms with Crippen LogP contribution in [0.2, 0.25) is 0 Å². The van der Waals surface area contributed by atoms with Crippen LogP contribution in [0.15, 0.2) is 36.7 Å². The molecule has 0 spiro atoms. The zero-order valence-corrected chi connectivity index (χ0v) is 12.4. The first-order valence-electron chi connectivity index (χ1n) is 7.11. The number of hydrogen-bond donors (Lipinski definition) is 1. The first-order valence-corrected chi connectivity index (χ1v) is 7.11. The van der Waals surface area contributed by atoms with Gasteiger partial charge in [0.15, 0.2) is 5.69 Å². The largest absolute Gasteiger partial charge is 0.461 e. The van der Waals surface area contributed by atoms with Crippen molar-refractivity contribution in [2.45, 2.75) is 19.5 Å². The maximum Gasteiger partial charge on any atom is 0.358 e. The van der Waals surface area contributed by atoms with Gasteiger partial charge in [-0.25, -0.2) is 9.78 Å². The molecule has 1 N–H and O–H groups in total. The summed E-state index contributed by atoms with van der Waals surface area (Å²) in [6.45, 7) is 2.11. The number of hydrogen-bond acceptors (Lipinski definition) is 6. The molecule has 1 atom stereocenters. The molecular weight excluding hydrogens is 303 g/mol. The van der Waals surface area contributed by atoms with E-state index in [1.807, 2.05) is 0 Å². The molecule has 0 radical (unpaired) electrons. The van der Waals surface area contributed by atoms with Crippen LogP contribution in [0.3, 0.4) is 0 Å². The Labute approximate surface area is 131 Å². The van der Waals surface area contributed by atoms with Crippen LogP contribution in [0.5, 0.6) is 0 Å². The molecule has 120 valence electrons. The lowest BCUT2D eigenvalue weighted by Crippen LogP contribution is -2.18. The summed E-state index contributed by atoms with van der Waals surface area (Å²) in [6.07, 6.45) is 4.64. The van der Waals surface area contributed by atoms with Crippen molar-refractivity contribution in [2.75, 3.05) is 6.61 Å². The van der Waals surface area contributed by atoms with E-state index >= 15 is 0 Å². The Hall–Kier alpha value is -2.74. The summed E-state index contributed by atoms with van der Waals surface area (Å²) in [5.74, 6) is -1.10. The summed E-state index contributed by atoms with van der Waals surface area (Å²) in [5.41, 5.74) is 3.95. The van der Waals surface area contributed by atoms with Gasteiger partial charge < -0.3 is 9.57 Å². The van der Waals surface area contributed by atoms with Gasteiger partial charge >= 0.3 is 5.97 Å². The number of rotatable bonds is 5. The lowest BCUT2D eigenvalue weighted by molar-refractivity contribution is 0.0518. The highest BCUT2D eigenvalue weighted by Crippen LogP contribution is 2.21. The predicted octanol–water partition coefficient (Wildman–Crippen LogP) is 1.73. The smallest absolute Gasteiger partial charge is 0.358 e. The monoisotopic (exact) mass is 318 g/mol. The molecule has 0 aliphatic carbocycles. The molecule has 0 aromatic carbocycles. The zero-order valence-electron chi connectivity index (χ0n) is 12.4. The molecule has 0 saturated carbocycles. The van der Waals surface area contributed by atoms with Crippen LogP contribution in [0.25, 0.3) is 0 Å². The highest BCUT2D eigenvalue weighted by atomic mass is 19.1. The molecule has 0 saturated heterocycles. The van der Waals surface area contributed by atoms with Gasteiger partial charge in [-0.3, -0.25) is 4.68 Å². The van der Waals surface area contributed by atoms with E-state index in [9.17, 15) is 9.18 Å². The minimum Gasteiger partial charge on any atom is -0.461 e. The van der Waals surface area contributed by atoms with Crippen molar-refractivity contribution in [1.82, 2.24) is 20.2 Å². The Morgan fingerprint density at radius 1 is 1.57 bits per heavy atom. The van der Waals surface area contributed by atoms with Gasteiger partial charge in [0.2, 0.25) is 5.95 Å². The van der Waals surface area contributed by atoms with Gasteiger partial charge in [-0.1, -0.05) is 6.07 Å². The number of hydroxylamine groups is 1. The molecule has 0 bridgehead atoms. The summed E-state index contributed by atoms with van der Waals surface area (Å²) in [4.78, 5) is 20.5. The molecule has 23 heavy (non-hydrogen) atoms. The number of nitrogens with zero attached hydrogens (tertiary/aromatic N) is 3. The maximum absolute atomic E-state index is 13.8.